The minimum absolute atomic E-state index is 0.00840. The van der Waals surface area contributed by atoms with Crippen LogP contribution < -0.4 is 5.32 Å². The maximum atomic E-state index is 12.5. The zero-order chi connectivity index (χ0) is 16.9. The molecule has 4 unspecified atom stereocenters. The smallest absolute Gasteiger partial charge is 0.245 e. The lowest BCUT2D eigenvalue weighted by molar-refractivity contribution is -0.130. The first kappa shape index (κ1) is 15.0. The lowest BCUT2D eigenvalue weighted by atomic mass is 9.48. The van der Waals surface area contributed by atoms with Gasteiger partial charge in [0.25, 0.3) is 0 Å². The van der Waals surface area contributed by atoms with Crippen LogP contribution in [0.5, 0.6) is 0 Å². The minimum atomic E-state index is -1.91. The van der Waals surface area contributed by atoms with Crippen molar-refractivity contribution in [2.24, 2.45) is 16.7 Å². The van der Waals surface area contributed by atoms with Crippen LogP contribution in [0.25, 0.3) is 0 Å². The van der Waals surface area contributed by atoms with Crippen LogP contribution in [0.15, 0.2) is 30.3 Å². The molecule has 2 aliphatic rings. The summed E-state index contributed by atoms with van der Waals surface area (Å²) < 4.78 is 0. The summed E-state index contributed by atoms with van der Waals surface area (Å²) in [5.74, 6) is -2.37. The molecule has 6 nitrogen and oxygen atoms in total. The van der Waals surface area contributed by atoms with Gasteiger partial charge in [-0.25, -0.2) is 0 Å². The lowest BCUT2D eigenvalue weighted by Crippen LogP contribution is -2.57. The number of hydrogen-bond donors (Lipinski definition) is 2. The van der Waals surface area contributed by atoms with Crippen LogP contribution in [0.3, 0.4) is 0 Å². The Morgan fingerprint density at radius 1 is 1.17 bits per heavy atom. The number of aliphatic hydroxyl groups is 1. The van der Waals surface area contributed by atoms with Gasteiger partial charge in [0.2, 0.25) is 5.91 Å². The summed E-state index contributed by atoms with van der Waals surface area (Å²) in [4.78, 5) is 12.5. The van der Waals surface area contributed by atoms with E-state index in [0.29, 0.717) is 5.56 Å². The third kappa shape index (κ3) is 1.50. The fraction of sp³-hybridized carbons (Fsp3) is 0.412. The number of nitriles is 3. The predicted octanol–water partition coefficient (Wildman–Crippen LogP) is 1.17. The number of rotatable bonds is 1. The molecule has 1 aromatic rings. The Balaban J connectivity index is 2.34. The molecule has 1 saturated heterocycles. The molecule has 1 aliphatic carbocycles. The van der Waals surface area contributed by atoms with E-state index >= 15 is 0 Å². The first-order valence-corrected chi connectivity index (χ1v) is 7.25. The standard InChI is InChI=1S/C17H14N4O2/c1-11-16(10-20)14(22)21-17(11,23)7-13(15(16,8-18)9-19)12-5-3-2-4-6-12/h2-6,11,13,23H,7H2,1H3,(H,21,22). The van der Waals surface area contributed by atoms with Gasteiger partial charge in [-0.05, 0) is 5.56 Å². The first-order chi connectivity index (χ1) is 10.9. The highest BCUT2D eigenvalue weighted by molar-refractivity contribution is 5.92. The minimum Gasteiger partial charge on any atom is -0.371 e. The highest BCUT2D eigenvalue weighted by atomic mass is 16.3. The average Bonchev–Trinajstić information content (AvgIpc) is 2.71. The number of fused-ring (bicyclic) bond motifs is 2. The van der Waals surface area contributed by atoms with Gasteiger partial charge in [0.05, 0.1) is 18.2 Å². The predicted molar refractivity (Wildman–Crippen MR) is 77.8 cm³/mol. The Morgan fingerprint density at radius 2 is 1.78 bits per heavy atom. The van der Waals surface area contributed by atoms with E-state index in [1.54, 1.807) is 30.3 Å². The molecule has 1 heterocycles. The van der Waals surface area contributed by atoms with E-state index in [1.807, 2.05) is 18.2 Å². The van der Waals surface area contributed by atoms with Gasteiger partial charge in [-0.1, -0.05) is 37.3 Å². The van der Waals surface area contributed by atoms with Crippen molar-refractivity contribution in [2.75, 3.05) is 0 Å². The second kappa shape index (κ2) is 4.56. The quantitative estimate of drug-likeness (QED) is 0.806. The van der Waals surface area contributed by atoms with Crippen molar-refractivity contribution in [3.63, 3.8) is 0 Å². The third-order valence-corrected chi connectivity index (χ3v) is 5.45. The summed E-state index contributed by atoms with van der Waals surface area (Å²) in [6, 6.07) is 14.6. The lowest BCUT2D eigenvalue weighted by Gasteiger charge is -2.48. The van der Waals surface area contributed by atoms with Crippen molar-refractivity contribution in [1.29, 1.82) is 15.8 Å². The normalized spacial score (nSPS) is 37.1. The topological polar surface area (TPSA) is 121 Å². The molecule has 23 heavy (non-hydrogen) atoms. The van der Waals surface area contributed by atoms with Gasteiger partial charge in [0.15, 0.2) is 10.8 Å². The van der Waals surface area contributed by atoms with Gasteiger partial charge in [-0.2, -0.15) is 15.8 Å². The van der Waals surface area contributed by atoms with Crippen molar-refractivity contribution >= 4 is 5.91 Å². The van der Waals surface area contributed by atoms with E-state index in [1.165, 1.54) is 6.92 Å². The number of hydrogen-bond acceptors (Lipinski definition) is 5. The largest absolute Gasteiger partial charge is 0.371 e. The second-order valence-electron chi connectivity index (χ2n) is 6.22. The maximum absolute atomic E-state index is 12.5. The molecule has 3 rings (SSSR count). The Labute approximate surface area is 133 Å². The molecule has 0 radical (unpaired) electrons. The van der Waals surface area contributed by atoms with E-state index in [4.69, 9.17) is 0 Å². The molecule has 4 atom stereocenters. The summed E-state index contributed by atoms with van der Waals surface area (Å²) in [5.41, 5.74) is -4.74. The fourth-order valence-electron chi connectivity index (χ4n) is 4.09. The molecular formula is C17H14N4O2. The van der Waals surface area contributed by atoms with Crippen LogP contribution in [0, 0.1) is 50.7 Å². The van der Waals surface area contributed by atoms with Crippen LogP contribution in [0.1, 0.15) is 24.8 Å². The Hall–Kier alpha value is -2.88. The summed E-state index contributed by atoms with van der Waals surface area (Å²) in [6.45, 7) is 1.53. The van der Waals surface area contributed by atoms with Gasteiger partial charge >= 0.3 is 0 Å². The Kier molecular flexibility index (Phi) is 2.98. The van der Waals surface area contributed by atoms with Gasteiger partial charge in [0, 0.05) is 18.3 Å². The van der Waals surface area contributed by atoms with Gasteiger partial charge in [-0.3, -0.25) is 4.79 Å². The Morgan fingerprint density at radius 3 is 2.30 bits per heavy atom. The molecular weight excluding hydrogens is 292 g/mol. The molecule has 1 aliphatic heterocycles. The zero-order valence-electron chi connectivity index (χ0n) is 12.4. The van der Waals surface area contributed by atoms with Crippen molar-refractivity contribution < 1.29 is 9.90 Å². The SMILES string of the molecule is CC1C2(O)CC(c3ccccc3)C(C#N)(C#N)C1(C#N)C(=O)N2. The molecule has 114 valence electrons. The molecule has 2 N–H and O–H groups in total. The first-order valence-electron chi connectivity index (χ1n) is 7.25. The number of carbonyl (C=O) groups excluding carboxylic acids is 1. The monoisotopic (exact) mass is 306 g/mol. The van der Waals surface area contributed by atoms with Gasteiger partial charge in [0.1, 0.15) is 5.72 Å². The highest BCUT2D eigenvalue weighted by Crippen LogP contribution is 2.64. The number of amides is 1. The summed E-state index contributed by atoms with van der Waals surface area (Å²) >= 11 is 0. The number of carbonyl (C=O) groups is 1. The van der Waals surface area contributed by atoms with Crippen molar-refractivity contribution in [1.82, 2.24) is 5.32 Å². The van der Waals surface area contributed by atoms with Gasteiger partial charge < -0.3 is 10.4 Å². The second-order valence-corrected chi connectivity index (χ2v) is 6.22. The third-order valence-electron chi connectivity index (χ3n) is 5.45. The van der Waals surface area contributed by atoms with Crippen LogP contribution >= 0.6 is 0 Å². The number of benzene rings is 1. The molecule has 2 bridgehead atoms. The van der Waals surface area contributed by atoms with Crippen molar-refractivity contribution in [3.05, 3.63) is 35.9 Å². The molecule has 2 fully saturated rings. The van der Waals surface area contributed by atoms with E-state index in [2.05, 4.69) is 5.32 Å². The van der Waals surface area contributed by atoms with Crippen molar-refractivity contribution in [3.8, 4) is 18.2 Å². The fourth-order valence-corrected chi connectivity index (χ4v) is 4.09. The number of nitrogens with one attached hydrogen (secondary N) is 1. The van der Waals surface area contributed by atoms with E-state index in [0.717, 1.165) is 0 Å². The molecule has 1 aromatic carbocycles. The van der Waals surface area contributed by atoms with Gasteiger partial charge in [-0.15, -0.1) is 0 Å². The Bertz CT molecular complexity index is 787. The average molecular weight is 306 g/mol. The molecule has 1 amide bonds. The highest BCUT2D eigenvalue weighted by Gasteiger charge is 2.77. The van der Waals surface area contributed by atoms with E-state index in [9.17, 15) is 25.7 Å². The van der Waals surface area contributed by atoms with Crippen LogP contribution in [-0.4, -0.2) is 16.7 Å². The molecule has 0 spiro atoms. The molecule has 6 heteroatoms. The van der Waals surface area contributed by atoms with E-state index < -0.39 is 34.3 Å². The number of nitrogens with zero attached hydrogens (tertiary/aromatic N) is 3. The molecule has 0 aromatic heterocycles. The zero-order valence-corrected chi connectivity index (χ0v) is 12.4. The van der Waals surface area contributed by atoms with Crippen LogP contribution in [0.4, 0.5) is 0 Å². The van der Waals surface area contributed by atoms with E-state index in [-0.39, 0.29) is 6.42 Å². The summed E-state index contributed by atoms with van der Waals surface area (Å²) in [7, 11) is 0. The van der Waals surface area contributed by atoms with Crippen molar-refractivity contribution in [2.45, 2.75) is 25.0 Å². The summed E-state index contributed by atoms with van der Waals surface area (Å²) in [6.07, 6.45) is 0.00840. The van der Waals surface area contributed by atoms with Crippen LogP contribution in [-0.2, 0) is 4.79 Å². The maximum Gasteiger partial charge on any atom is 0.245 e. The molecule has 1 saturated carbocycles. The van der Waals surface area contributed by atoms with Crippen LogP contribution in [0.2, 0.25) is 0 Å². The summed E-state index contributed by atoms with van der Waals surface area (Å²) in [5, 5.41) is 42.7.